The number of hydrogen-bond acceptors (Lipinski definition) is 5. The quantitative estimate of drug-likeness (QED) is 0.535. The van der Waals surface area contributed by atoms with Crippen LogP contribution in [0.4, 0.5) is 10.1 Å². The van der Waals surface area contributed by atoms with Gasteiger partial charge in [-0.3, -0.25) is 4.79 Å². The second kappa shape index (κ2) is 9.97. The van der Waals surface area contributed by atoms with Crippen molar-refractivity contribution in [2.24, 2.45) is 0 Å². The second-order valence-corrected chi connectivity index (χ2v) is 6.76. The summed E-state index contributed by atoms with van der Waals surface area (Å²) in [6, 6.07) is 11.0. The summed E-state index contributed by atoms with van der Waals surface area (Å²) in [5.74, 6) is 0.845. The average molecular weight is 427 g/mol. The van der Waals surface area contributed by atoms with Crippen LogP contribution in [0.2, 0.25) is 0 Å². The summed E-state index contributed by atoms with van der Waals surface area (Å²) in [6.07, 6.45) is 0. The molecule has 0 saturated heterocycles. The maximum atomic E-state index is 13.3. The van der Waals surface area contributed by atoms with Gasteiger partial charge in [0.15, 0.2) is 18.2 Å². The van der Waals surface area contributed by atoms with Crippen molar-refractivity contribution < 1.29 is 23.4 Å². The lowest BCUT2D eigenvalue weighted by Crippen LogP contribution is -2.14. The van der Waals surface area contributed by atoms with Gasteiger partial charge >= 0.3 is 0 Å². The number of halogens is 1. The van der Waals surface area contributed by atoms with E-state index in [0.717, 1.165) is 5.69 Å². The van der Waals surface area contributed by atoms with Crippen LogP contribution in [-0.2, 0) is 6.73 Å². The molecule has 1 heterocycles. The summed E-state index contributed by atoms with van der Waals surface area (Å²) in [5, 5.41) is 7.33. The minimum absolute atomic E-state index is 0.0868. The molecular weight excluding hydrogens is 401 g/mol. The smallest absolute Gasteiger partial charge is 0.255 e. The van der Waals surface area contributed by atoms with Gasteiger partial charge in [0.25, 0.3) is 5.91 Å². The first-order valence-electron chi connectivity index (χ1n) is 10.1. The summed E-state index contributed by atoms with van der Waals surface area (Å²) in [4.78, 5) is 12.9. The number of aromatic nitrogens is 2. The lowest BCUT2D eigenvalue weighted by molar-refractivity contribution is 0.102. The third kappa shape index (κ3) is 5.33. The minimum atomic E-state index is -0.374. The highest BCUT2D eigenvalue weighted by Crippen LogP contribution is 2.29. The van der Waals surface area contributed by atoms with E-state index in [2.05, 4.69) is 10.4 Å². The molecule has 0 aliphatic carbocycles. The average Bonchev–Trinajstić information content (AvgIpc) is 3.01. The maximum absolute atomic E-state index is 13.3. The van der Waals surface area contributed by atoms with Gasteiger partial charge in [-0.1, -0.05) is 6.07 Å². The number of hydrogen-bond donors (Lipinski definition) is 1. The zero-order valence-corrected chi connectivity index (χ0v) is 18.1. The number of amides is 1. The van der Waals surface area contributed by atoms with Gasteiger partial charge in [0.05, 0.1) is 30.3 Å². The van der Waals surface area contributed by atoms with Crippen molar-refractivity contribution in [2.45, 2.75) is 34.4 Å². The Kier molecular flexibility index (Phi) is 7.12. The first-order chi connectivity index (χ1) is 14.9. The molecule has 3 rings (SSSR count). The van der Waals surface area contributed by atoms with Crippen molar-refractivity contribution in [3.05, 3.63) is 65.2 Å². The highest BCUT2D eigenvalue weighted by Gasteiger charge is 2.17. The molecular formula is C23H26FN3O4. The van der Waals surface area contributed by atoms with Crippen LogP contribution in [0, 0.1) is 19.7 Å². The SMILES string of the molecule is CCOc1ccc(C(=O)Nc2c(C)nn(COc3cccc(F)c3)c2C)cc1OCC. The van der Waals surface area contributed by atoms with Gasteiger partial charge < -0.3 is 19.5 Å². The third-order valence-corrected chi connectivity index (χ3v) is 4.58. The number of ether oxygens (including phenoxy) is 3. The van der Waals surface area contributed by atoms with E-state index in [9.17, 15) is 9.18 Å². The van der Waals surface area contributed by atoms with Gasteiger partial charge in [-0.2, -0.15) is 5.10 Å². The van der Waals surface area contributed by atoms with Crippen molar-refractivity contribution in [3.63, 3.8) is 0 Å². The van der Waals surface area contributed by atoms with E-state index in [-0.39, 0.29) is 18.5 Å². The fourth-order valence-electron chi connectivity index (χ4n) is 3.07. The normalized spacial score (nSPS) is 10.6. The predicted molar refractivity (Wildman–Crippen MR) is 115 cm³/mol. The number of carbonyl (C=O) groups is 1. The van der Waals surface area contributed by atoms with E-state index in [1.165, 1.54) is 12.1 Å². The molecule has 0 aliphatic rings. The van der Waals surface area contributed by atoms with E-state index in [0.29, 0.717) is 47.4 Å². The van der Waals surface area contributed by atoms with Gasteiger partial charge in [0.1, 0.15) is 11.6 Å². The van der Waals surface area contributed by atoms with Crippen LogP contribution in [0.15, 0.2) is 42.5 Å². The van der Waals surface area contributed by atoms with Crippen LogP contribution in [0.3, 0.4) is 0 Å². The molecule has 0 bridgehead atoms. The fourth-order valence-corrected chi connectivity index (χ4v) is 3.07. The monoisotopic (exact) mass is 427 g/mol. The third-order valence-electron chi connectivity index (χ3n) is 4.58. The van der Waals surface area contributed by atoms with Gasteiger partial charge in [-0.05, 0) is 58.0 Å². The molecule has 1 N–H and O–H groups in total. The zero-order chi connectivity index (χ0) is 22.4. The van der Waals surface area contributed by atoms with Crippen LogP contribution < -0.4 is 19.5 Å². The molecule has 0 spiro atoms. The number of nitrogens with zero attached hydrogens (tertiary/aromatic N) is 2. The van der Waals surface area contributed by atoms with E-state index in [1.54, 1.807) is 41.9 Å². The molecule has 1 amide bonds. The van der Waals surface area contributed by atoms with Crippen molar-refractivity contribution in [3.8, 4) is 17.2 Å². The van der Waals surface area contributed by atoms with Crippen molar-refractivity contribution >= 4 is 11.6 Å². The molecule has 8 heteroatoms. The van der Waals surface area contributed by atoms with Crippen LogP contribution in [0.1, 0.15) is 35.6 Å². The Bertz CT molecular complexity index is 1060. The topological polar surface area (TPSA) is 74.6 Å². The Morgan fingerprint density at radius 1 is 1.03 bits per heavy atom. The Balaban J connectivity index is 1.75. The zero-order valence-electron chi connectivity index (χ0n) is 18.1. The molecule has 0 fully saturated rings. The van der Waals surface area contributed by atoms with Crippen LogP contribution in [-0.4, -0.2) is 28.9 Å². The van der Waals surface area contributed by atoms with E-state index < -0.39 is 0 Å². The Morgan fingerprint density at radius 2 is 1.77 bits per heavy atom. The molecule has 0 radical (unpaired) electrons. The van der Waals surface area contributed by atoms with Gasteiger partial charge in [-0.15, -0.1) is 0 Å². The van der Waals surface area contributed by atoms with Crippen molar-refractivity contribution in [2.75, 3.05) is 18.5 Å². The van der Waals surface area contributed by atoms with Gasteiger partial charge in [0.2, 0.25) is 0 Å². The Labute approximate surface area is 180 Å². The summed E-state index contributed by atoms with van der Waals surface area (Å²) in [6.45, 7) is 8.43. The second-order valence-electron chi connectivity index (χ2n) is 6.76. The molecule has 164 valence electrons. The number of benzene rings is 2. The Hall–Kier alpha value is -3.55. The van der Waals surface area contributed by atoms with Crippen LogP contribution >= 0.6 is 0 Å². The lowest BCUT2D eigenvalue weighted by Gasteiger charge is -2.13. The fraction of sp³-hybridized carbons (Fsp3) is 0.304. The van der Waals surface area contributed by atoms with Crippen LogP contribution in [0.5, 0.6) is 17.2 Å². The minimum Gasteiger partial charge on any atom is -0.490 e. The predicted octanol–water partition coefficient (Wildman–Crippen LogP) is 4.73. The highest BCUT2D eigenvalue weighted by molar-refractivity contribution is 6.05. The molecule has 2 aromatic carbocycles. The van der Waals surface area contributed by atoms with Crippen molar-refractivity contribution in [1.29, 1.82) is 0 Å². The first kappa shape index (κ1) is 22.1. The molecule has 7 nitrogen and oxygen atoms in total. The lowest BCUT2D eigenvalue weighted by atomic mass is 10.1. The van der Waals surface area contributed by atoms with Crippen molar-refractivity contribution in [1.82, 2.24) is 9.78 Å². The van der Waals surface area contributed by atoms with E-state index >= 15 is 0 Å². The number of carbonyl (C=O) groups excluding carboxylic acids is 1. The largest absolute Gasteiger partial charge is 0.490 e. The standard InChI is InChI=1S/C23H26FN3O4/c1-5-29-20-11-10-17(12-21(20)30-6-2)23(28)25-22-15(3)26-27(16(22)4)14-31-19-9-7-8-18(24)13-19/h7-13H,5-6,14H2,1-4H3,(H,25,28). The van der Waals surface area contributed by atoms with Crippen LogP contribution in [0.25, 0.3) is 0 Å². The van der Waals surface area contributed by atoms with E-state index in [1.807, 2.05) is 20.8 Å². The number of anilines is 1. The number of rotatable bonds is 9. The number of aryl methyl sites for hydroxylation is 1. The summed E-state index contributed by atoms with van der Waals surface area (Å²) in [7, 11) is 0. The molecule has 0 saturated carbocycles. The molecule has 0 unspecified atom stereocenters. The summed E-state index contributed by atoms with van der Waals surface area (Å²) >= 11 is 0. The molecule has 31 heavy (non-hydrogen) atoms. The first-order valence-corrected chi connectivity index (χ1v) is 10.1. The molecule has 0 atom stereocenters. The maximum Gasteiger partial charge on any atom is 0.255 e. The summed E-state index contributed by atoms with van der Waals surface area (Å²) in [5.41, 5.74) is 2.40. The summed E-state index contributed by atoms with van der Waals surface area (Å²) < 4.78 is 31.7. The van der Waals surface area contributed by atoms with E-state index in [4.69, 9.17) is 14.2 Å². The molecule has 0 aliphatic heterocycles. The Morgan fingerprint density at radius 3 is 2.48 bits per heavy atom. The molecule has 3 aromatic rings. The van der Waals surface area contributed by atoms with Gasteiger partial charge in [0, 0.05) is 11.6 Å². The van der Waals surface area contributed by atoms with Gasteiger partial charge in [-0.25, -0.2) is 9.07 Å². The molecule has 1 aromatic heterocycles. The highest BCUT2D eigenvalue weighted by atomic mass is 19.1. The number of nitrogens with one attached hydrogen (secondary N) is 1.